The average Bonchev–Trinajstić information content (AvgIpc) is 2.32. The van der Waals surface area contributed by atoms with E-state index in [0.29, 0.717) is 11.0 Å². The Morgan fingerprint density at radius 2 is 2.06 bits per heavy atom. The van der Waals surface area contributed by atoms with E-state index in [1.165, 1.54) is 6.07 Å². The summed E-state index contributed by atoms with van der Waals surface area (Å²) in [5.74, 6) is -0.251. The molecule has 0 fully saturated rings. The van der Waals surface area contributed by atoms with E-state index >= 15 is 0 Å². The SMILES string of the molecule is Cc1cc(F)c(Br)cc1NCc1cccc(Br)n1. The summed E-state index contributed by atoms with van der Waals surface area (Å²) < 4.78 is 14.5. The molecule has 0 atom stereocenters. The smallest absolute Gasteiger partial charge is 0.137 e. The molecule has 0 amide bonds. The Morgan fingerprint density at radius 3 is 2.78 bits per heavy atom. The van der Waals surface area contributed by atoms with Gasteiger partial charge in [-0.05, 0) is 68.6 Å². The Hall–Kier alpha value is -0.940. The second-order valence-corrected chi connectivity index (χ2v) is 5.55. The van der Waals surface area contributed by atoms with E-state index in [9.17, 15) is 4.39 Å². The van der Waals surface area contributed by atoms with Gasteiger partial charge in [-0.3, -0.25) is 0 Å². The van der Waals surface area contributed by atoms with E-state index in [4.69, 9.17) is 0 Å². The minimum Gasteiger partial charge on any atom is -0.379 e. The molecule has 0 aliphatic carbocycles. The summed E-state index contributed by atoms with van der Waals surface area (Å²) in [4.78, 5) is 4.33. The summed E-state index contributed by atoms with van der Waals surface area (Å²) in [5.41, 5.74) is 2.68. The van der Waals surface area contributed by atoms with Gasteiger partial charge in [-0.2, -0.15) is 0 Å². The summed E-state index contributed by atoms with van der Waals surface area (Å²) in [7, 11) is 0. The normalized spacial score (nSPS) is 10.4. The molecule has 5 heteroatoms. The van der Waals surface area contributed by atoms with Crippen LogP contribution < -0.4 is 5.32 Å². The monoisotopic (exact) mass is 372 g/mol. The molecule has 2 aromatic rings. The second kappa shape index (κ2) is 5.80. The van der Waals surface area contributed by atoms with Gasteiger partial charge < -0.3 is 5.32 Å². The zero-order valence-electron chi connectivity index (χ0n) is 9.67. The molecule has 0 radical (unpaired) electrons. The maximum Gasteiger partial charge on any atom is 0.137 e. The van der Waals surface area contributed by atoms with Crippen LogP contribution in [0.25, 0.3) is 0 Å². The standard InChI is InChI=1S/C13H11Br2FN2/c1-8-5-11(16)10(14)6-12(8)17-7-9-3-2-4-13(15)18-9/h2-6,17H,7H2,1H3. The highest BCUT2D eigenvalue weighted by atomic mass is 79.9. The summed E-state index contributed by atoms with van der Waals surface area (Å²) in [5, 5.41) is 3.24. The van der Waals surface area contributed by atoms with Crippen molar-refractivity contribution in [1.29, 1.82) is 0 Å². The first-order chi connectivity index (χ1) is 8.56. The summed E-state index contributed by atoms with van der Waals surface area (Å²) in [6.45, 7) is 2.46. The van der Waals surface area contributed by atoms with Crippen molar-refractivity contribution < 1.29 is 4.39 Å². The van der Waals surface area contributed by atoms with Crippen molar-refractivity contribution in [3.05, 3.63) is 56.5 Å². The van der Waals surface area contributed by atoms with Crippen LogP contribution in [-0.2, 0) is 6.54 Å². The van der Waals surface area contributed by atoms with Crippen molar-refractivity contribution in [1.82, 2.24) is 4.98 Å². The average molecular weight is 374 g/mol. The van der Waals surface area contributed by atoms with E-state index in [1.54, 1.807) is 6.07 Å². The fourth-order valence-corrected chi connectivity index (χ4v) is 2.30. The first kappa shape index (κ1) is 13.5. The van der Waals surface area contributed by atoms with Gasteiger partial charge in [-0.15, -0.1) is 0 Å². The van der Waals surface area contributed by atoms with Gasteiger partial charge in [0.2, 0.25) is 0 Å². The number of pyridine rings is 1. The first-order valence-corrected chi connectivity index (χ1v) is 6.96. The molecule has 94 valence electrons. The maximum atomic E-state index is 13.3. The fourth-order valence-electron chi connectivity index (χ4n) is 1.57. The summed E-state index contributed by atoms with van der Waals surface area (Å²) >= 11 is 6.51. The number of nitrogens with zero attached hydrogens (tertiary/aromatic N) is 1. The Bertz CT molecular complexity index is 573. The lowest BCUT2D eigenvalue weighted by atomic mass is 10.2. The highest BCUT2D eigenvalue weighted by Gasteiger charge is 2.05. The van der Waals surface area contributed by atoms with Gasteiger partial charge in [-0.1, -0.05) is 6.07 Å². The Labute approximate surface area is 122 Å². The number of benzene rings is 1. The van der Waals surface area contributed by atoms with Gasteiger partial charge in [0.1, 0.15) is 10.4 Å². The molecular formula is C13H11Br2FN2. The predicted molar refractivity (Wildman–Crippen MR) is 78.1 cm³/mol. The third-order valence-electron chi connectivity index (χ3n) is 2.50. The minimum atomic E-state index is -0.251. The zero-order chi connectivity index (χ0) is 13.1. The molecule has 0 spiro atoms. The molecule has 1 aromatic carbocycles. The van der Waals surface area contributed by atoms with E-state index in [1.807, 2.05) is 25.1 Å². The van der Waals surface area contributed by atoms with Crippen LogP contribution in [0.4, 0.5) is 10.1 Å². The van der Waals surface area contributed by atoms with Crippen molar-refractivity contribution in [2.75, 3.05) is 5.32 Å². The lowest BCUT2D eigenvalue weighted by Gasteiger charge is -2.10. The third kappa shape index (κ3) is 3.29. The van der Waals surface area contributed by atoms with Crippen molar-refractivity contribution in [2.24, 2.45) is 0 Å². The number of nitrogens with one attached hydrogen (secondary N) is 1. The number of rotatable bonds is 3. The van der Waals surface area contributed by atoms with Crippen molar-refractivity contribution in [2.45, 2.75) is 13.5 Å². The molecule has 0 unspecified atom stereocenters. The Morgan fingerprint density at radius 1 is 1.28 bits per heavy atom. The first-order valence-electron chi connectivity index (χ1n) is 5.37. The molecule has 2 nitrogen and oxygen atoms in total. The predicted octanol–water partition coefficient (Wildman–Crippen LogP) is 4.67. The van der Waals surface area contributed by atoms with Crippen LogP contribution in [0.3, 0.4) is 0 Å². The van der Waals surface area contributed by atoms with E-state index in [-0.39, 0.29) is 5.82 Å². The van der Waals surface area contributed by atoms with Crippen molar-refractivity contribution >= 4 is 37.5 Å². The van der Waals surface area contributed by atoms with Crippen LogP contribution >= 0.6 is 31.9 Å². The lowest BCUT2D eigenvalue weighted by Crippen LogP contribution is -2.03. The molecule has 0 aliphatic rings. The highest BCUT2D eigenvalue weighted by molar-refractivity contribution is 9.10. The molecule has 0 bridgehead atoms. The minimum absolute atomic E-state index is 0.251. The number of hydrogen-bond donors (Lipinski definition) is 1. The highest BCUT2D eigenvalue weighted by Crippen LogP contribution is 2.24. The zero-order valence-corrected chi connectivity index (χ0v) is 12.8. The van der Waals surface area contributed by atoms with Crippen LogP contribution in [0.1, 0.15) is 11.3 Å². The summed E-state index contributed by atoms with van der Waals surface area (Å²) in [6.07, 6.45) is 0. The molecule has 0 saturated heterocycles. The molecule has 1 heterocycles. The number of aryl methyl sites for hydroxylation is 1. The fraction of sp³-hybridized carbons (Fsp3) is 0.154. The van der Waals surface area contributed by atoms with Crippen molar-refractivity contribution in [3.8, 4) is 0 Å². The van der Waals surface area contributed by atoms with Crippen LogP contribution in [0, 0.1) is 12.7 Å². The van der Waals surface area contributed by atoms with E-state index in [2.05, 4.69) is 42.2 Å². The second-order valence-electron chi connectivity index (χ2n) is 3.89. The molecule has 0 aliphatic heterocycles. The van der Waals surface area contributed by atoms with Crippen LogP contribution in [0.2, 0.25) is 0 Å². The molecular weight excluding hydrogens is 363 g/mol. The topological polar surface area (TPSA) is 24.9 Å². The van der Waals surface area contributed by atoms with Gasteiger partial charge >= 0.3 is 0 Å². The summed E-state index contributed by atoms with van der Waals surface area (Å²) in [6, 6.07) is 8.99. The van der Waals surface area contributed by atoms with E-state index < -0.39 is 0 Å². The Balaban J connectivity index is 2.13. The molecule has 1 N–H and O–H groups in total. The van der Waals surface area contributed by atoms with Crippen LogP contribution in [-0.4, -0.2) is 4.98 Å². The quantitative estimate of drug-likeness (QED) is 0.791. The van der Waals surface area contributed by atoms with Crippen LogP contribution in [0.5, 0.6) is 0 Å². The van der Waals surface area contributed by atoms with Crippen molar-refractivity contribution in [3.63, 3.8) is 0 Å². The molecule has 1 aromatic heterocycles. The number of aromatic nitrogens is 1. The largest absolute Gasteiger partial charge is 0.379 e. The lowest BCUT2D eigenvalue weighted by molar-refractivity contribution is 0.620. The maximum absolute atomic E-state index is 13.3. The van der Waals surface area contributed by atoms with Gasteiger partial charge in [0.15, 0.2) is 0 Å². The van der Waals surface area contributed by atoms with Gasteiger partial charge in [0.05, 0.1) is 16.7 Å². The van der Waals surface area contributed by atoms with Gasteiger partial charge in [0.25, 0.3) is 0 Å². The number of hydrogen-bond acceptors (Lipinski definition) is 2. The molecule has 0 saturated carbocycles. The molecule has 18 heavy (non-hydrogen) atoms. The van der Waals surface area contributed by atoms with Gasteiger partial charge in [0, 0.05) is 5.69 Å². The Kier molecular flexibility index (Phi) is 4.35. The number of halogens is 3. The molecule has 2 rings (SSSR count). The van der Waals surface area contributed by atoms with E-state index in [0.717, 1.165) is 21.5 Å². The van der Waals surface area contributed by atoms with Crippen LogP contribution in [0.15, 0.2) is 39.4 Å². The third-order valence-corrected chi connectivity index (χ3v) is 3.55. The number of anilines is 1. The van der Waals surface area contributed by atoms with Gasteiger partial charge in [-0.25, -0.2) is 9.37 Å².